The lowest BCUT2D eigenvalue weighted by atomic mass is 10.0. The predicted octanol–water partition coefficient (Wildman–Crippen LogP) is -1.82. The maximum atomic E-state index is 13.2. The minimum atomic E-state index is -1.71. The van der Waals surface area contributed by atoms with Gasteiger partial charge in [0.2, 0.25) is 23.6 Å². The van der Waals surface area contributed by atoms with Gasteiger partial charge in [-0.05, 0) is 24.5 Å². The molecule has 4 atom stereocenters. The first-order valence-electron chi connectivity index (χ1n) is 12.4. The second-order valence-electron chi connectivity index (χ2n) is 9.23. The fourth-order valence-electron chi connectivity index (χ4n) is 3.89. The molecule has 0 fully saturated rings. The SMILES string of the molecule is NC(=O)CCC(NC(=O)C(Cc1c[nH]c2ccccc12)NC(=O)C(CC(=O)O)NC(=O)C(N)CCC(=O)O)C(=O)O. The van der Waals surface area contributed by atoms with E-state index in [0.29, 0.717) is 16.5 Å². The molecule has 222 valence electrons. The number of primary amides is 1. The molecule has 1 aromatic heterocycles. The van der Waals surface area contributed by atoms with E-state index in [0.717, 1.165) is 0 Å². The Labute approximate surface area is 232 Å². The molecular weight excluding hydrogens is 544 g/mol. The number of hydrogen-bond donors (Lipinski definition) is 9. The molecule has 2 aromatic rings. The van der Waals surface area contributed by atoms with Crippen LogP contribution in [0.4, 0.5) is 0 Å². The van der Waals surface area contributed by atoms with Crippen LogP contribution in [0.15, 0.2) is 30.5 Å². The molecule has 0 aliphatic carbocycles. The van der Waals surface area contributed by atoms with Crippen molar-refractivity contribution in [3.63, 3.8) is 0 Å². The van der Waals surface area contributed by atoms with Crippen LogP contribution in [0.25, 0.3) is 10.9 Å². The highest BCUT2D eigenvalue weighted by Gasteiger charge is 2.32. The van der Waals surface area contributed by atoms with Crippen LogP contribution in [0.3, 0.4) is 0 Å². The number of carbonyl (C=O) groups excluding carboxylic acids is 4. The number of rotatable bonds is 17. The summed E-state index contributed by atoms with van der Waals surface area (Å²) in [6, 6.07) is 0.973. The number of aliphatic carboxylic acids is 3. The van der Waals surface area contributed by atoms with Crippen molar-refractivity contribution < 1.29 is 48.9 Å². The normalized spacial score (nSPS) is 13.8. The quantitative estimate of drug-likeness (QED) is 0.101. The van der Waals surface area contributed by atoms with Gasteiger partial charge in [-0.1, -0.05) is 18.2 Å². The highest BCUT2D eigenvalue weighted by atomic mass is 16.4. The summed E-state index contributed by atoms with van der Waals surface area (Å²) < 4.78 is 0. The number of amides is 4. The van der Waals surface area contributed by atoms with Gasteiger partial charge in [-0.15, -0.1) is 0 Å². The molecule has 1 heterocycles. The number of benzene rings is 1. The number of fused-ring (bicyclic) bond motifs is 1. The lowest BCUT2D eigenvalue weighted by Gasteiger charge is -2.24. The van der Waals surface area contributed by atoms with E-state index >= 15 is 0 Å². The molecular formula is C25H32N6O10. The zero-order valence-electron chi connectivity index (χ0n) is 21.8. The first-order chi connectivity index (χ1) is 19.3. The zero-order valence-corrected chi connectivity index (χ0v) is 21.8. The summed E-state index contributed by atoms with van der Waals surface area (Å²) >= 11 is 0. The third kappa shape index (κ3) is 10.2. The van der Waals surface area contributed by atoms with Gasteiger partial charge in [-0.25, -0.2) is 4.79 Å². The number of hydrogen-bond acceptors (Lipinski definition) is 8. The molecule has 4 unspecified atom stereocenters. The first kappa shape index (κ1) is 32.2. The van der Waals surface area contributed by atoms with E-state index in [9.17, 15) is 43.8 Å². The summed E-state index contributed by atoms with van der Waals surface area (Å²) in [5.41, 5.74) is 12.0. The monoisotopic (exact) mass is 576 g/mol. The van der Waals surface area contributed by atoms with Crippen LogP contribution in [-0.2, 0) is 40.0 Å². The summed E-state index contributed by atoms with van der Waals surface area (Å²) in [5, 5.41) is 35.0. The molecule has 0 saturated heterocycles. The number of H-pyrrole nitrogens is 1. The molecule has 16 nitrogen and oxygen atoms in total. The summed E-state index contributed by atoms with van der Waals surface area (Å²) in [5.74, 6) is -7.96. The van der Waals surface area contributed by atoms with E-state index in [1.54, 1.807) is 30.5 Å². The molecule has 0 aliphatic heterocycles. The van der Waals surface area contributed by atoms with Gasteiger partial charge in [-0.3, -0.25) is 28.8 Å². The average molecular weight is 577 g/mol. The summed E-state index contributed by atoms with van der Waals surface area (Å²) in [7, 11) is 0. The van der Waals surface area contributed by atoms with Crippen molar-refractivity contribution in [1.82, 2.24) is 20.9 Å². The van der Waals surface area contributed by atoms with Crippen molar-refractivity contribution in [3.05, 3.63) is 36.0 Å². The fraction of sp³-hybridized carbons (Fsp3) is 0.400. The van der Waals surface area contributed by atoms with Gasteiger partial charge in [0.25, 0.3) is 0 Å². The van der Waals surface area contributed by atoms with Crippen molar-refractivity contribution in [2.75, 3.05) is 0 Å². The van der Waals surface area contributed by atoms with Crippen molar-refractivity contribution in [1.29, 1.82) is 0 Å². The topological polar surface area (TPSA) is 284 Å². The van der Waals surface area contributed by atoms with Crippen LogP contribution in [0, 0.1) is 0 Å². The third-order valence-electron chi connectivity index (χ3n) is 6.04. The Kier molecular flexibility index (Phi) is 11.8. The van der Waals surface area contributed by atoms with Crippen LogP contribution in [0.1, 0.15) is 37.7 Å². The Balaban J connectivity index is 2.31. The molecule has 16 heteroatoms. The zero-order chi connectivity index (χ0) is 30.7. The van der Waals surface area contributed by atoms with E-state index in [-0.39, 0.29) is 25.7 Å². The summed E-state index contributed by atoms with van der Waals surface area (Å²) in [6.07, 6.45) is -0.886. The Morgan fingerprint density at radius 3 is 2.00 bits per heavy atom. The maximum absolute atomic E-state index is 13.2. The van der Waals surface area contributed by atoms with Crippen LogP contribution in [-0.4, -0.2) is 86.0 Å². The lowest BCUT2D eigenvalue weighted by Crippen LogP contribution is -2.58. The Bertz CT molecular complexity index is 1310. The molecule has 0 spiro atoms. The highest BCUT2D eigenvalue weighted by molar-refractivity contribution is 5.96. The average Bonchev–Trinajstić information content (AvgIpc) is 3.30. The van der Waals surface area contributed by atoms with Gasteiger partial charge >= 0.3 is 17.9 Å². The van der Waals surface area contributed by atoms with Gasteiger partial charge in [-0.2, -0.15) is 0 Å². The first-order valence-corrected chi connectivity index (χ1v) is 12.4. The number of aromatic amines is 1. The van der Waals surface area contributed by atoms with Crippen LogP contribution < -0.4 is 27.4 Å². The molecule has 0 bridgehead atoms. The summed E-state index contributed by atoms with van der Waals surface area (Å²) in [4.78, 5) is 86.8. The van der Waals surface area contributed by atoms with Crippen LogP contribution in [0.2, 0.25) is 0 Å². The van der Waals surface area contributed by atoms with E-state index in [1.165, 1.54) is 0 Å². The number of carbonyl (C=O) groups is 7. The standard InChI is InChI=1S/C25H32N6O10/c26-14(5-8-20(33)34)22(37)30-18(10-21(35)36)24(39)31-17(9-12-11-28-15-4-2-1-3-13(12)15)23(38)29-16(25(40)41)6-7-19(27)32/h1-4,11,14,16-18,28H,5-10,26H2,(H2,27,32)(H,29,38)(H,30,37)(H,31,39)(H,33,34)(H,35,36)(H,40,41). The number of para-hydroxylation sites is 1. The second-order valence-corrected chi connectivity index (χ2v) is 9.23. The van der Waals surface area contributed by atoms with Gasteiger partial charge < -0.3 is 47.7 Å². The highest BCUT2D eigenvalue weighted by Crippen LogP contribution is 2.19. The van der Waals surface area contributed by atoms with Crippen molar-refractivity contribution >= 4 is 52.4 Å². The van der Waals surface area contributed by atoms with E-state index in [1.807, 2.05) is 0 Å². The smallest absolute Gasteiger partial charge is 0.326 e. The minimum Gasteiger partial charge on any atom is -0.481 e. The molecule has 2 rings (SSSR count). The van der Waals surface area contributed by atoms with Gasteiger partial charge in [0.15, 0.2) is 0 Å². The third-order valence-corrected chi connectivity index (χ3v) is 6.04. The number of nitrogens with two attached hydrogens (primary N) is 2. The molecule has 0 aliphatic rings. The second kappa shape index (κ2) is 15.0. The molecule has 0 radical (unpaired) electrons. The molecule has 41 heavy (non-hydrogen) atoms. The van der Waals surface area contributed by atoms with Crippen molar-refractivity contribution in [2.45, 2.75) is 62.7 Å². The lowest BCUT2D eigenvalue weighted by molar-refractivity contribution is -0.143. The van der Waals surface area contributed by atoms with Crippen LogP contribution in [0.5, 0.6) is 0 Å². The van der Waals surface area contributed by atoms with Crippen LogP contribution >= 0.6 is 0 Å². The Morgan fingerprint density at radius 2 is 1.39 bits per heavy atom. The summed E-state index contributed by atoms with van der Waals surface area (Å²) in [6.45, 7) is 0. The van der Waals surface area contributed by atoms with Gasteiger partial charge in [0.1, 0.15) is 18.1 Å². The Morgan fingerprint density at radius 1 is 0.780 bits per heavy atom. The number of carboxylic acids is 3. The number of aromatic nitrogens is 1. The molecule has 4 amide bonds. The van der Waals surface area contributed by atoms with Gasteiger partial charge in [0.05, 0.1) is 12.5 Å². The van der Waals surface area contributed by atoms with Crippen molar-refractivity contribution in [2.24, 2.45) is 11.5 Å². The Hall–Kier alpha value is -4.99. The molecule has 0 saturated carbocycles. The maximum Gasteiger partial charge on any atom is 0.326 e. The number of carboxylic acid groups (broad SMARTS) is 3. The fourth-order valence-corrected chi connectivity index (χ4v) is 3.89. The van der Waals surface area contributed by atoms with E-state index in [2.05, 4.69) is 20.9 Å². The minimum absolute atomic E-state index is 0.171. The van der Waals surface area contributed by atoms with Crippen molar-refractivity contribution in [3.8, 4) is 0 Å². The molecule has 1 aromatic carbocycles. The predicted molar refractivity (Wildman–Crippen MR) is 141 cm³/mol. The largest absolute Gasteiger partial charge is 0.481 e. The van der Waals surface area contributed by atoms with E-state index in [4.69, 9.17) is 16.6 Å². The molecule has 11 N–H and O–H groups in total. The number of nitrogens with one attached hydrogen (secondary N) is 4. The van der Waals surface area contributed by atoms with E-state index < -0.39 is 78.5 Å². The van der Waals surface area contributed by atoms with Gasteiger partial charge in [0, 0.05) is 36.4 Å².